The number of benzene rings is 2. The molecule has 0 bridgehead atoms. The van der Waals surface area contributed by atoms with Crippen LogP contribution in [0.5, 0.6) is 5.75 Å². The maximum Gasteiger partial charge on any atom is 0.128 e. The van der Waals surface area contributed by atoms with Crippen LogP contribution in [0.3, 0.4) is 0 Å². The standard InChI is InChI=1S/C16H15N3O/c1-20-16-9-5-3-7-12(16)15-10-14(18-19-15)11-6-2-4-8-13(11)17/h2-10H,17H2,1H3,(H,18,19). The monoisotopic (exact) mass is 265 g/mol. The van der Waals surface area contributed by atoms with Gasteiger partial charge in [0.25, 0.3) is 0 Å². The van der Waals surface area contributed by atoms with Gasteiger partial charge in [-0.2, -0.15) is 5.10 Å². The molecule has 1 aromatic heterocycles. The Morgan fingerprint density at radius 1 is 1.00 bits per heavy atom. The highest BCUT2D eigenvalue weighted by Crippen LogP contribution is 2.31. The predicted octanol–water partition coefficient (Wildman–Crippen LogP) is 3.33. The first-order valence-electron chi connectivity index (χ1n) is 6.33. The van der Waals surface area contributed by atoms with Crippen LogP contribution >= 0.6 is 0 Å². The van der Waals surface area contributed by atoms with Crippen LogP contribution in [0.15, 0.2) is 54.6 Å². The second-order valence-corrected chi connectivity index (χ2v) is 4.45. The van der Waals surface area contributed by atoms with Crippen LogP contribution in [0.2, 0.25) is 0 Å². The number of hydrogen-bond donors (Lipinski definition) is 2. The summed E-state index contributed by atoms with van der Waals surface area (Å²) < 4.78 is 5.36. The highest BCUT2D eigenvalue weighted by atomic mass is 16.5. The van der Waals surface area contributed by atoms with Gasteiger partial charge in [-0.3, -0.25) is 5.10 Å². The molecule has 20 heavy (non-hydrogen) atoms. The highest BCUT2D eigenvalue weighted by Gasteiger charge is 2.11. The molecule has 0 radical (unpaired) electrons. The van der Waals surface area contributed by atoms with Crippen molar-refractivity contribution in [1.29, 1.82) is 0 Å². The van der Waals surface area contributed by atoms with Gasteiger partial charge in [-0.1, -0.05) is 30.3 Å². The Labute approximate surface area is 117 Å². The Balaban J connectivity index is 2.05. The van der Waals surface area contributed by atoms with Crippen LogP contribution in [-0.4, -0.2) is 17.3 Å². The second kappa shape index (κ2) is 5.09. The van der Waals surface area contributed by atoms with Crippen molar-refractivity contribution in [2.24, 2.45) is 0 Å². The first kappa shape index (κ1) is 12.3. The number of aromatic amines is 1. The zero-order valence-electron chi connectivity index (χ0n) is 11.1. The van der Waals surface area contributed by atoms with E-state index in [4.69, 9.17) is 10.5 Å². The lowest BCUT2D eigenvalue weighted by atomic mass is 10.1. The molecule has 0 aliphatic heterocycles. The molecule has 2 aromatic carbocycles. The van der Waals surface area contributed by atoms with E-state index < -0.39 is 0 Å². The topological polar surface area (TPSA) is 63.9 Å². The van der Waals surface area contributed by atoms with E-state index in [2.05, 4.69) is 10.2 Å². The third-order valence-electron chi connectivity index (χ3n) is 3.21. The summed E-state index contributed by atoms with van der Waals surface area (Å²) in [5.41, 5.74) is 10.3. The number of nitrogen functional groups attached to an aromatic ring is 1. The van der Waals surface area contributed by atoms with Crippen molar-refractivity contribution in [1.82, 2.24) is 10.2 Å². The van der Waals surface area contributed by atoms with Crippen molar-refractivity contribution in [3.63, 3.8) is 0 Å². The van der Waals surface area contributed by atoms with E-state index in [1.807, 2.05) is 54.6 Å². The molecule has 0 fully saturated rings. The average Bonchev–Trinajstić information content (AvgIpc) is 2.97. The summed E-state index contributed by atoms with van der Waals surface area (Å²) in [4.78, 5) is 0. The van der Waals surface area contributed by atoms with Crippen LogP contribution in [0.4, 0.5) is 5.69 Å². The van der Waals surface area contributed by atoms with E-state index >= 15 is 0 Å². The van der Waals surface area contributed by atoms with Gasteiger partial charge >= 0.3 is 0 Å². The number of aromatic nitrogens is 2. The molecule has 0 saturated heterocycles. The predicted molar refractivity (Wildman–Crippen MR) is 80.4 cm³/mol. The fourth-order valence-corrected chi connectivity index (χ4v) is 2.20. The fourth-order valence-electron chi connectivity index (χ4n) is 2.20. The molecule has 0 saturated carbocycles. The highest BCUT2D eigenvalue weighted by molar-refractivity contribution is 5.77. The van der Waals surface area contributed by atoms with Crippen LogP contribution in [0, 0.1) is 0 Å². The van der Waals surface area contributed by atoms with Gasteiger partial charge in [0.2, 0.25) is 0 Å². The lowest BCUT2D eigenvalue weighted by Crippen LogP contribution is -1.88. The average molecular weight is 265 g/mol. The first-order chi connectivity index (χ1) is 9.79. The molecule has 0 unspecified atom stereocenters. The normalized spacial score (nSPS) is 10.4. The van der Waals surface area contributed by atoms with E-state index in [0.29, 0.717) is 0 Å². The zero-order chi connectivity index (χ0) is 13.9. The third kappa shape index (κ3) is 2.12. The Morgan fingerprint density at radius 2 is 1.70 bits per heavy atom. The van der Waals surface area contributed by atoms with E-state index in [0.717, 1.165) is 34.0 Å². The van der Waals surface area contributed by atoms with Gasteiger partial charge in [-0.25, -0.2) is 0 Å². The molecule has 1 heterocycles. The summed E-state index contributed by atoms with van der Waals surface area (Å²) in [6.45, 7) is 0. The van der Waals surface area contributed by atoms with Crippen LogP contribution < -0.4 is 10.5 Å². The van der Waals surface area contributed by atoms with Gasteiger partial charge in [0.1, 0.15) is 5.75 Å². The third-order valence-corrected chi connectivity index (χ3v) is 3.21. The number of H-pyrrole nitrogens is 1. The molecule has 3 N–H and O–H groups in total. The SMILES string of the molecule is COc1ccccc1-c1cc(-c2ccccc2N)[nH]n1. The van der Waals surface area contributed by atoms with E-state index in [-0.39, 0.29) is 0 Å². The number of hydrogen-bond acceptors (Lipinski definition) is 3. The lowest BCUT2D eigenvalue weighted by molar-refractivity contribution is 0.416. The molecule has 3 rings (SSSR count). The largest absolute Gasteiger partial charge is 0.496 e. The minimum atomic E-state index is 0.725. The quantitative estimate of drug-likeness (QED) is 0.714. The first-order valence-corrected chi connectivity index (χ1v) is 6.33. The summed E-state index contributed by atoms with van der Waals surface area (Å²) in [6, 6.07) is 17.5. The number of anilines is 1. The molecule has 100 valence electrons. The molecule has 0 spiro atoms. The summed E-state index contributed by atoms with van der Waals surface area (Å²) >= 11 is 0. The number of nitrogens with two attached hydrogens (primary N) is 1. The summed E-state index contributed by atoms with van der Waals surface area (Å²) in [7, 11) is 1.65. The number of ether oxygens (including phenoxy) is 1. The molecule has 4 nitrogen and oxygen atoms in total. The number of nitrogens with one attached hydrogen (secondary N) is 1. The van der Waals surface area contributed by atoms with Crippen molar-refractivity contribution >= 4 is 5.69 Å². The van der Waals surface area contributed by atoms with Gasteiger partial charge in [-0.05, 0) is 24.3 Å². The molecule has 0 amide bonds. The Hall–Kier alpha value is -2.75. The Kier molecular flexibility index (Phi) is 3.13. The molecule has 0 aliphatic carbocycles. The minimum absolute atomic E-state index is 0.725. The summed E-state index contributed by atoms with van der Waals surface area (Å²) in [5.74, 6) is 0.798. The summed E-state index contributed by atoms with van der Waals surface area (Å²) in [5, 5.41) is 7.38. The minimum Gasteiger partial charge on any atom is -0.496 e. The van der Waals surface area contributed by atoms with Crippen LogP contribution in [0.1, 0.15) is 0 Å². The zero-order valence-corrected chi connectivity index (χ0v) is 11.1. The van der Waals surface area contributed by atoms with Crippen molar-refractivity contribution in [3.8, 4) is 28.3 Å². The number of rotatable bonds is 3. The van der Waals surface area contributed by atoms with E-state index in [9.17, 15) is 0 Å². The van der Waals surface area contributed by atoms with Gasteiger partial charge in [-0.15, -0.1) is 0 Å². The molecule has 0 atom stereocenters. The smallest absolute Gasteiger partial charge is 0.128 e. The Bertz CT molecular complexity index is 734. The maximum absolute atomic E-state index is 5.98. The van der Waals surface area contributed by atoms with Crippen molar-refractivity contribution in [2.75, 3.05) is 12.8 Å². The van der Waals surface area contributed by atoms with E-state index in [1.54, 1.807) is 7.11 Å². The number of nitrogens with zero attached hydrogens (tertiary/aromatic N) is 1. The van der Waals surface area contributed by atoms with Crippen molar-refractivity contribution in [2.45, 2.75) is 0 Å². The number of para-hydroxylation sites is 2. The van der Waals surface area contributed by atoms with Crippen LogP contribution in [-0.2, 0) is 0 Å². The van der Waals surface area contributed by atoms with Gasteiger partial charge in [0, 0.05) is 16.8 Å². The van der Waals surface area contributed by atoms with E-state index in [1.165, 1.54) is 0 Å². The Morgan fingerprint density at radius 3 is 2.45 bits per heavy atom. The van der Waals surface area contributed by atoms with Crippen molar-refractivity contribution < 1.29 is 4.74 Å². The number of methoxy groups -OCH3 is 1. The van der Waals surface area contributed by atoms with Crippen molar-refractivity contribution in [3.05, 3.63) is 54.6 Å². The molecular formula is C16H15N3O. The lowest BCUT2D eigenvalue weighted by Gasteiger charge is -2.04. The molecule has 4 heteroatoms. The van der Waals surface area contributed by atoms with Crippen LogP contribution in [0.25, 0.3) is 22.5 Å². The molecule has 0 aliphatic rings. The molecular weight excluding hydrogens is 250 g/mol. The summed E-state index contributed by atoms with van der Waals surface area (Å²) in [6.07, 6.45) is 0. The molecule has 3 aromatic rings. The van der Waals surface area contributed by atoms with Gasteiger partial charge < -0.3 is 10.5 Å². The second-order valence-electron chi connectivity index (χ2n) is 4.45. The van der Waals surface area contributed by atoms with Gasteiger partial charge in [0.05, 0.1) is 18.5 Å². The van der Waals surface area contributed by atoms with Gasteiger partial charge in [0.15, 0.2) is 0 Å². The fraction of sp³-hybridized carbons (Fsp3) is 0.0625. The maximum atomic E-state index is 5.98.